The molecule has 0 aromatic heterocycles. The van der Waals surface area contributed by atoms with Crippen molar-refractivity contribution in [3.8, 4) is 0 Å². The quantitative estimate of drug-likeness (QED) is 0.815. The maximum Gasteiger partial charge on any atom is 0.243 e. The Labute approximate surface area is 108 Å². The van der Waals surface area contributed by atoms with Crippen LogP contribution in [-0.2, 0) is 16.6 Å². The monoisotopic (exact) mass is 272 g/mol. The third-order valence-corrected chi connectivity index (χ3v) is 5.14. The average molecular weight is 272 g/mol. The molecule has 0 fully saturated rings. The highest BCUT2D eigenvalue weighted by molar-refractivity contribution is 7.89. The Morgan fingerprint density at radius 3 is 2.56 bits per heavy atom. The number of benzene rings is 1. The van der Waals surface area contributed by atoms with E-state index in [1.54, 1.807) is 26.0 Å². The topological polar surface area (TPSA) is 83.6 Å². The fourth-order valence-corrected chi connectivity index (χ4v) is 3.18. The van der Waals surface area contributed by atoms with Gasteiger partial charge in [-0.2, -0.15) is 4.31 Å². The van der Waals surface area contributed by atoms with Gasteiger partial charge in [0.25, 0.3) is 0 Å². The SMILES string of the molecule is Cc1ccc(CN)cc1S(=O)(=O)N(C)C(C)CO. The van der Waals surface area contributed by atoms with Gasteiger partial charge in [0, 0.05) is 19.6 Å². The molecule has 3 N–H and O–H groups in total. The van der Waals surface area contributed by atoms with Crippen molar-refractivity contribution in [2.75, 3.05) is 13.7 Å². The standard InChI is InChI=1S/C12H20N2O3S/c1-9-4-5-11(7-13)6-12(9)18(16,17)14(3)10(2)8-15/h4-6,10,15H,7-8,13H2,1-3H3. The molecule has 1 rings (SSSR count). The van der Waals surface area contributed by atoms with Crippen LogP contribution < -0.4 is 5.73 Å². The molecular weight excluding hydrogens is 252 g/mol. The molecule has 6 heteroatoms. The number of hydrogen-bond donors (Lipinski definition) is 2. The maximum atomic E-state index is 12.4. The fourth-order valence-electron chi connectivity index (χ4n) is 1.56. The summed E-state index contributed by atoms with van der Waals surface area (Å²) in [7, 11) is -2.13. The van der Waals surface area contributed by atoms with Gasteiger partial charge in [-0.25, -0.2) is 8.42 Å². The highest BCUT2D eigenvalue weighted by Gasteiger charge is 2.26. The molecule has 0 aliphatic heterocycles. The van der Waals surface area contributed by atoms with Crippen LogP contribution in [-0.4, -0.2) is 37.5 Å². The number of aliphatic hydroxyl groups is 1. The lowest BCUT2D eigenvalue weighted by Crippen LogP contribution is -2.37. The molecular formula is C12H20N2O3S. The number of aryl methyl sites for hydroxylation is 1. The summed E-state index contributed by atoms with van der Waals surface area (Å²) in [6.45, 7) is 3.47. The van der Waals surface area contributed by atoms with Crippen molar-refractivity contribution < 1.29 is 13.5 Å². The first kappa shape index (κ1) is 15.1. The number of rotatable bonds is 5. The summed E-state index contributed by atoms with van der Waals surface area (Å²) in [5.41, 5.74) is 6.96. The molecule has 5 nitrogen and oxygen atoms in total. The van der Waals surface area contributed by atoms with Crippen molar-refractivity contribution in [1.82, 2.24) is 4.31 Å². The Balaban J connectivity index is 3.27. The van der Waals surface area contributed by atoms with E-state index in [9.17, 15) is 8.42 Å². The third-order valence-electron chi connectivity index (χ3n) is 3.03. The normalized spacial score (nSPS) is 13.9. The van der Waals surface area contributed by atoms with E-state index < -0.39 is 16.1 Å². The van der Waals surface area contributed by atoms with E-state index >= 15 is 0 Å². The van der Waals surface area contributed by atoms with Crippen LogP contribution in [0.5, 0.6) is 0 Å². The molecule has 0 amide bonds. The molecule has 0 aliphatic carbocycles. The maximum absolute atomic E-state index is 12.4. The van der Waals surface area contributed by atoms with E-state index in [0.717, 1.165) is 5.56 Å². The smallest absolute Gasteiger partial charge is 0.243 e. The molecule has 0 heterocycles. The highest BCUT2D eigenvalue weighted by Crippen LogP contribution is 2.21. The van der Waals surface area contributed by atoms with E-state index in [1.165, 1.54) is 11.4 Å². The second-order valence-electron chi connectivity index (χ2n) is 4.36. The summed E-state index contributed by atoms with van der Waals surface area (Å²) < 4.78 is 26.0. The van der Waals surface area contributed by atoms with Gasteiger partial charge in [0.05, 0.1) is 11.5 Å². The van der Waals surface area contributed by atoms with Gasteiger partial charge >= 0.3 is 0 Å². The van der Waals surface area contributed by atoms with Gasteiger partial charge in [0.2, 0.25) is 10.0 Å². The van der Waals surface area contributed by atoms with Gasteiger partial charge in [-0.15, -0.1) is 0 Å². The summed E-state index contributed by atoms with van der Waals surface area (Å²) in [5, 5.41) is 9.06. The zero-order valence-electron chi connectivity index (χ0n) is 10.9. The van der Waals surface area contributed by atoms with Gasteiger partial charge < -0.3 is 10.8 Å². The first-order chi connectivity index (χ1) is 8.34. The molecule has 1 aromatic rings. The van der Waals surface area contributed by atoms with Crippen LogP contribution in [0.15, 0.2) is 23.1 Å². The van der Waals surface area contributed by atoms with Crippen molar-refractivity contribution in [2.24, 2.45) is 5.73 Å². The molecule has 0 saturated carbocycles. The van der Waals surface area contributed by atoms with Gasteiger partial charge in [-0.1, -0.05) is 12.1 Å². The molecule has 0 aliphatic rings. The Morgan fingerprint density at radius 2 is 2.06 bits per heavy atom. The van der Waals surface area contributed by atoms with Crippen molar-refractivity contribution in [3.63, 3.8) is 0 Å². The average Bonchev–Trinajstić information content (AvgIpc) is 2.37. The van der Waals surface area contributed by atoms with E-state index in [2.05, 4.69) is 0 Å². The number of sulfonamides is 1. The number of aliphatic hydroxyl groups excluding tert-OH is 1. The van der Waals surface area contributed by atoms with Gasteiger partial charge in [-0.3, -0.25) is 0 Å². The number of nitrogens with zero attached hydrogens (tertiary/aromatic N) is 1. The predicted molar refractivity (Wildman–Crippen MR) is 70.6 cm³/mol. The van der Waals surface area contributed by atoms with Gasteiger partial charge in [0.1, 0.15) is 0 Å². The summed E-state index contributed by atoms with van der Waals surface area (Å²) >= 11 is 0. The van der Waals surface area contributed by atoms with Crippen LogP contribution in [0.3, 0.4) is 0 Å². The van der Waals surface area contributed by atoms with E-state index in [-0.39, 0.29) is 11.5 Å². The Morgan fingerprint density at radius 1 is 1.44 bits per heavy atom. The van der Waals surface area contributed by atoms with Gasteiger partial charge in [0.15, 0.2) is 0 Å². The number of likely N-dealkylation sites (N-methyl/N-ethyl adjacent to an activating group) is 1. The minimum atomic E-state index is -3.60. The third kappa shape index (κ3) is 2.89. The molecule has 1 atom stereocenters. The Hall–Kier alpha value is -0.950. The summed E-state index contributed by atoms with van der Waals surface area (Å²) in [6, 6.07) is 4.68. The molecule has 0 radical (unpaired) electrons. The molecule has 0 bridgehead atoms. The second-order valence-corrected chi connectivity index (χ2v) is 6.32. The van der Waals surface area contributed by atoms with Crippen LogP contribution in [0.1, 0.15) is 18.1 Å². The van der Waals surface area contributed by atoms with E-state index in [1.807, 2.05) is 6.07 Å². The van der Waals surface area contributed by atoms with Crippen LogP contribution in [0.2, 0.25) is 0 Å². The Kier molecular flexibility index (Phi) is 4.86. The predicted octanol–water partition coefficient (Wildman–Crippen LogP) is 0.455. The minimum Gasteiger partial charge on any atom is -0.395 e. The molecule has 1 unspecified atom stereocenters. The largest absolute Gasteiger partial charge is 0.395 e. The zero-order chi connectivity index (χ0) is 13.9. The summed E-state index contributed by atoms with van der Waals surface area (Å²) in [6.07, 6.45) is 0. The minimum absolute atomic E-state index is 0.217. The van der Waals surface area contributed by atoms with Crippen molar-refractivity contribution in [2.45, 2.75) is 31.3 Å². The van der Waals surface area contributed by atoms with Crippen LogP contribution in [0, 0.1) is 6.92 Å². The van der Waals surface area contributed by atoms with Crippen LogP contribution in [0.25, 0.3) is 0 Å². The zero-order valence-corrected chi connectivity index (χ0v) is 11.7. The summed E-state index contributed by atoms with van der Waals surface area (Å²) in [5.74, 6) is 0. The molecule has 18 heavy (non-hydrogen) atoms. The Bertz CT molecular complexity index is 514. The number of hydrogen-bond acceptors (Lipinski definition) is 4. The van der Waals surface area contributed by atoms with Crippen molar-refractivity contribution in [3.05, 3.63) is 29.3 Å². The molecule has 0 saturated heterocycles. The first-order valence-electron chi connectivity index (χ1n) is 5.73. The fraction of sp³-hybridized carbons (Fsp3) is 0.500. The summed E-state index contributed by atoms with van der Waals surface area (Å²) in [4.78, 5) is 0.244. The lowest BCUT2D eigenvalue weighted by molar-refractivity contribution is 0.214. The number of nitrogens with two attached hydrogens (primary N) is 1. The van der Waals surface area contributed by atoms with E-state index in [4.69, 9.17) is 10.8 Å². The highest BCUT2D eigenvalue weighted by atomic mass is 32.2. The molecule has 1 aromatic carbocycles. The van der Waals surface area contributed by atoms with Crippen LogP contribution in [0.4, 0.5) is 0 Å². The van der Waals surface area contributed by atoms with Gasteiger partial charge in [-0.05, 0) is 31.0 Å². The first-order valence-corrected chi connectivity index (χ1v) is 7.17. The van der Waals surface area contributed by atoms with E-state index in [0.29, 0.717) is 12.1 Å². The lowest BCUT2D eigenvalue weighted by Gasteiger charge is -2.23. The van der Waals surface area contributed by atoms with Crippen LogP contribution >= 0.6 is 0 Å². The lowest BCUT2D eigenvalue weighted by atomic mass is 10.1. The second kappa shape index (κ2) is 5.79. The molecule has 0 spiro atoms. The molecule has 102 valence electrons. The van der Waals surface area contributed by atoms with Crippen molar-refractivity contribution in [1.29, 1.82) is 0 Å². The van der Waals surface area contributed by atoms with Crippen molar-refractivity contribution >= 4 is 10.0 Å².